The van der Waals surface area contributed by atoms with Gasteiger partial charge in [0, 0.05) is 12.0 Å². The van der Waals surface area contributed by atoms with Gasteiger partial charge in [-0.25, -0.2) is 0 Å². The van der Waals surface area contributed by atoms with Crippen LogP contribution in [-0.2, 0) is 23.8 Å². The summed E-state index contributed by atoms with van der Waals surface area (Å²) in [5.41, 5.74) is -0.110. The number of rotatable bonds is 3. The first-order chi connectivity index (χ1) is 12.0. The third-order valence-electron chi connectivity index (χ3n) is 5.62. The highest BCUT2D eigenvalue weighted by Gasteiger charge is 2.66. The molecule has 1 N–H and O–H groups in total. The van der Waals surface area contributed by atoms with Crippen LogP contribution < -0.4 is 10.1 Å². The lowest BCUT2D eigenvalue weighted by atomic mass is 9.72. The van der Waals surface area contributed by atoms with E-state index in [1.807, 2.05) is 24.3 Å². The first-order valence-corrected chi connectivity index (χ1v) is 8.30. The van der Waals surface area contributed by atoms with E-state index in [2.05, 4.69) is 5.32 Å². The van der Waals surface area contributed by atoms with Gasteiger partial charge >= 0.3 is 5.97 Å². The molecule has 0 aliphatic carbocycles. The number of carbonyl (C=O) groups excluding carboxylic acids is 2. The average Bonchev–Trinajstić information content (AvgIpc) is 3.20. The van der Waals surface area contributed by atoms with Crippen molar-refractivity contribution in [3.05, 3.63) is 29.8 Å². The minimum atomic E-state index is -1.02. The molecule has 1 aromatic rings. The van der Waals surface area contributed by atoms with Crippen molar-refractivity contribution < 1.29 is 28.5 Å². The lowest BCUT2D eigenvalue weighted by Gasteiger charge is -2.36. The monoisotopic (exact) mass is 347 g/mol. The third-order valence-corrected chi connectivity index (χ3v) is 5.62. The second kappa shape index (κ2) is 5.79. The average molecular weight is 347 g/mol. The highest BCUT2D eigenvalue weighted by atomic mass is 16.7. The summed E-state index contributed by atoms with van der Waals surface area (Å²) >= 11 is 0. The van der Waals surface area contributed by atoms with Crippen molar-refractivity contribution in [1.82, 2.24) is 5.32 Å². The van der Waals surface area contributed by atoms with E-state index in [1.165, 1.54) is 7.11 Å². The van der Waals surface area contributed by atoms with Crippen LogP contribution >= 0.6 is 0 Å². The van der Waals surface area contributed by atoms with Crippen LogP contribution in [0.2, 0.25) is 0 Å². The smallest absolute Gasteiger partial charge is 0.326 e. The highest BCUT2D eigenvalue weighted by molar-refractivity contribution is 5.91. The number of nitrogens with one attached hydrogen (secondary N) is 1. The van der Waals surface area contributed by atoms with Gasteiger partial charge in [-0.05, 0) is 24.6 Å². The van der Waals surface area contributed by atoms with Crippen LogP contribution in [0.3, 0.4) is 0 Å². The lowest BCUT2D eigenvalue weighted by molar-refractivity contribution is -0.170. The van der Waals surface area contributed by atoms with Crippen molar-refractivity contribution in [3.8, 4) is 5.75 Å². The number of ketones is 1. The molecule has 7 nitrogen and oxygen atoms in total. The molecule has 0 amide bonds. The normalized spacial score (nSPS) is 39.2. The van der Waals surface area contributed by atoms with E-state index >= 15 is 0 Å². The molecular formula is C18H21NO6. The Labute approximate surface area is 145 Å². The molecule has 25 heavy (non-hydrogen) atoms. The number of fused-ring (bicyclic) bond motifs is 4. The maximum Gasteiger partial charge on any atom is 0.326 e. The second-order valence-corrected chi connectivity index (χ2v) is 6.88. The van der Waals surface area contributed by atoms with Crippen molar-refractivity contribution in [3.63, 3.8) is 0 Å². The van der Waals surface area contributed by atoms with E-state index in [1.54, 1.807) is 14.0 Å². The van der Waals surface area contributed by atoms with E-state index in [0.717, 1.165) is 11.3 Å². The summed E-state index contributed by atoms with van der Waals surface area (Å²) in [6.45, 7) is 2.08. The maximum atomic E-state index is 12.9. The predicted molar refractivity (Wildman–Crippen MR) is 85.9 cm³/mol. The molecule has 3 fully saturated rings. The molecule has 4 rings (SSSR count). The molecule has 0 radical (unpaired) electrons. The number of benzene rings is 1. The first-order valence-electron chi connectivity index (χ1n) is 8.30. The molecule has 3 saturated heterocycles. The molecular weight excluding hydrogens is 326 g/mol. The van der Waals surface area contributed by atoms with Crippen molar-refractivity contribution in [2.75, 3.05) is 20.8 Å². The number of ether oxygens (including phenoxy) is 4. The summed E-state index contributed by atoms with van der Waals surface area (Å²) < 4.78 is 21.4. The number of methoxy groups -OCH3 is 2. The summed E-state index contributed by atoms with van der Waals surface area (Å²) in [6, 6.07) is 7.18. The number of hydrogen-bond donors (Lipinski definition) is 1. The van der Waals surface area contributed by atoms with Gasteiger partial charge in [0.1, 0.15) is 11.3 Å². The van der Waals surface area contributed by atoms with Gasteiger partial charge < -0.3 is 18.9 Å². The van der Waals surface area contributed by atoms with Crippen LogP contribution in [0.15, 0.2) is 24.3 Å². The Morgan fingerprint density at radius 3 is 2.64 bits per heavy atom. The Balaban J connectivity index is 1.77. The molecule has 3 aliphatic heterocycles. The van der Waals surface area contributed by atoms with Gasteiger partial charge in [-0.2, -0.15) is 0 Å². The van der Waals surface area contributed by atoms with Gasteiger partial charge in [0.15, 0.2) is 5.78 Å². The zero-order valence-corrected chi connectivity index (χ0v) is 14.4. The van der Waals surface area contributed by atoms with Gasteiger partial charge in [0.25, 0.3) is 0 Å². The van der Waals surface area contributed by atoms with E-state index in [9.17, 15) is 9.59 Å². The number of esters is 1. The summed E-state index contributed by atoms with van der Waals surface area (Å²) in [5, 5.41) is 3.36. The van der Waals surface area contributed by atoms with E-state index in [-0.39, 0.29) is 23.8 Å². The lowest BCUT2D eigenvalue weighted by Crippen LogP contribution is -2.56. The van der Waals surface area contributed by atoms with E-state index < -0.39 is 23.7 Å². The Bertz CT molecular complexity index is 704. The zero-order chi connectivity index (χ0) is 17.8. The fraction of sp³-hybridized carbons (Fsp3) is 0.556. The largest absolute Gasteiger partial charge is 0.497 e. The molecule has 6 atom stereocenters. The molecule has 0 saturated carbocycles. The molecule has 0 spiro atoms. The highest BCUT2D eigenvalue weighted by Crippen LogP contribution is 2.51. The van der Waals surface area contributed by atoms with E-state index in [4.69, 9.17) is 18.9 Å². The Morgan fingerprint density at radius 1 is 1.28 bits per heavy atom. The number of Topliss-reactive ketones (excluding diaryl/α,β-unsaturated/α-hetero) is 1. The standard InChI is InChI=1S/C18H21NO6/c1-18(17(21)23-3)13-11-8-24-16(25-11)15(20)12(13)14(19-18)9-4-6-10(22-2)7-5-9/h4-7,11-14,16,19H,8H2,1-3H3/t11-,12+,13-,14-,16-,18+/m1/s1. The first kappa shape index (κ1) is 16.5. The topological polar surface area (TPSA) is 83.1 Å². The second-order valence-electron chi connectivity index (χ2n) is 6.88. The van der Waals surface area contributed by atoms with Gasteiger partial charge in [-0.1, -0.05) is 12.1 Å². The Kier molecular flexibility index (Phi) is 3.82. The van der Waals surface area contributed by atoms with Crippen LogP contribution in [0.5, 0.6) is 5.75 Å². The fourth-order valence-electron chi connectivity index (χ4n) is 4.44. The molecule has 1 aromatic carbocycles. The Hall–Kier alpha value is -1.96. The molecule has 3 aliphatic rings. The van der Waals surface area contributed by atoms with E-state index in [0.29, 0.717) is 6.61 Å². The van der Waals surface area contributed by atoms with Crippen molar-refractivity contribution >= 4 is 11.8 Å². The minimum Gasteiger partial charge on any atom is -0.497 e. The molecule has 134 valence electrons. The van der Waals surface area contributed by atoms with Gasteiger partial charge in [0.2, 0.25) is 6.29 Å². The minimum absolute atomic E-state index is 0.125. The Morgan fingerprint density at radius 2 is 2.00 bits per heavy atom. The van der Waals surface area contributed by atoms with Gasteiger partial charge in [-0.3, -0.25) is 14.9 Å². The summed E-state index contributed by atoms with van der Waals surface area (Å²) in [5.74, 6) is -0.558. The van der Waals surface area contributed by atoms with Gasteiger partial charge in [0.05, 0.1) is 32.8 Å². The SMILES string of the molecule is COC(=O)[C@@]1(C)N[C@H](c2ccc(OC)cc2)[C@H]2C(=O)[C@@H]3OC[C@@H](O3)[C@H]21. The molecule has 0 unspecified atom stereocenters. The molecule has 7 heteroatoms. The summed E-state index contributed by atoms with van der Waals surface area (Å²) in [4.78, 5) is 25.4. The van der Waals surface area contributed by atoms with Crippen LogP contribution in [0, 0.1) is 11.8 Å². The maximum absolute atomic E-state index is 12.9. The summed E-state index contributed by atoms with van der Waals surface area (Å²) in [6.07, 6.45) is -1.15. The number of carbonyl (C=O) groups is 2. The van der Waals surface area contributed by atoms with Crippen molar-refractivity contribution in [1.29, 1.82) is 0 Å². The van der Waals surface area contributed by atoms with Crippen molar-refractivity contribution in [2.45, 2.75) is 30.9 Å². The predicted octanol–water partition coefficient (Wildman–Crippen LogP) is 0.828. The molecule has 3 heterocycles. The molecule has 2 bridgehead atoms. The summed E-state index contributed by atoms with van der Waals surface area (Å²) in [7, 11) is 2.95. The quantitative estimate of drug-likeness (QED) is 0.811. The van der Waals surface area contributed by atoms with Gasteiger partial charge in [-0.15, -0.1) is 0 Å². The fourth-order valence-corrected chi connectivity index (χ4v) is 4.44. The number of hydrogen-bond acceptors (Lipinski definition) is 7. The molecule has 0 aromatic heterocycles. The van der Waals surface area contributed by atoms with Crippen LogP contribution in [0.4, 0.5) is 0 Å². The third kappa shape index (κ3) is 2.30. The zero-order valence-electron chi connectivity index (χ0n) is 14.4. The van der Waals surface area contributed by atoms with Crippen LogP contribution in [0.25, 0.3) is 0 Å². The van der Waals surface area contributed by atoms with Crippen molar-refractivity contribution in [2.24, 2.45) is 11.8 Å². The van der Waals surface area contributed by atoms with Crippen LogP contribution in [-0.4, -0.2) is 50.5 Å². The van der Waals surface area contributed by atoms with Crippen LogP contribution in [0.1, 0.15) is 18.5 Å².